The maximum Gasteiger partial charge on any atom is 0.0933 e. The summed E-state index contributed by atoms with van der Waals surface area (Å²) in [5, 5.41) is 0. The molecule has 1 aliphatic rings. The van der Waals surface area contributed by atoms with Gasteiger partial charge in [-0.15, -0.1) is 0 Å². The lowest BCUT2D eigenvalue weighted by atomic mass is 10.3. The lowest BCUT2D eigenvalue weighted by Gasteiger charge is -2.16. The molecule has 13 heavy (non-hydrogen) atoms. The van der Waals surface area contributed by atoms with Crippen molar-refractivity contribution in [3.8, 4) is 0 Å². The largest absolute Gasteiger partial charge is 0.499 e. The van der Waals surface area contributed by atoms with E-state index in [1.54, 1.807) is 0 Å². The van der Waals surface area contributed by atoms with E-state index < -0.39 is 0 Å². The number of allylic oxidation sites excluding steroid dienone is 1. The second-order valence-corrected chi connectivity index (χ2v) is 3.51. The first kappa shape index (κ1) is 10.6. The Balaban J connectivity index is 2.35. The molecule has 0 radical (unpaired) electrons. The SMILES string of the molecule is CCCN1CC=C(OCC)CCC1. The summed E-state index contributed by atoms with van der Waals surface area (Å²) in [5.74, 6) is 1.20. The highest BCUT2D eigenvalue weighted by Crippen LogP contribution is 2.12. The maximum absolute atomic E-state index is 5.52. The highest BCUT2D eigenvalue weighted by molar-refractivity contribution is 4.97. The first-order valence-corrected chi connectivity index (χ1v) is 5.41. The smallest absolute Gasteiger partial charge is 0.0933 e. The van der Waals surface area contributed by atoms with Gasteiger partial charge in [0.05, 0.1) is 12.4 Å². The Morgan fingerprint density at radius 3 is 3.00 bits per heavy atom. The summed E-state index contributed by atoms with van der Waals surface area (Å²) in [5.41, 5.74) is 0. The molecule has 1 aliphatic heterocycles. The normalized spacial score (nSPS) is 19.4. The molecular weight excluding hydrogens is 162 g/mol. The molecule has 0 saturated carbocycles. The fourth-order valence-electron chi connectivity index (χ4n) is 1.74. The van der Waals surface area contributed by atoms with Crippen molar-refractivity contribution < 1.29 is 4.74 Å². The summed E-state index contributed by atoms with van der Waals surface area (Å²) >= 11 is 0. The van der Waals surface area contributed by atoms with Crippen LogP contribution in [0.25, 0.3) is 0 Å². The fourth-order valence-corrected chi connectivity index (χ4v) is 1.74. The van der Waals surface area contributed by atoms with Gasteiger partial charge < -0.3 is 4.74 Å². The molecule has 0 aromatic carbocycles. The van der Waals surface area contributed by atoms with Crippen molar-refractivity contribution in [3.63, 3.8) is 0 Å². The lowest BCUT2D eigenvalue weighted by molar-refractivity contribution is 0.217. The van der Waals surface area contributed by atoms with Crippen molar-refractivity contribution >= 4 is 0 Å². The standard InChI is InChI=1S/C11H21NO/c1-3-8-12-9-5-6-11(7-10-12)13-4-2/h7H,3-6,8-10H2,1-2H3. The molecule has 0 saturated heterocycles. The van der Waals surface area contributed by atoms with Gasteiger partial charge in [-0.1, -0.05) is 6.92 Å². The minimum absolute atomic E-state index is 0.805. The molecule has 2 nitrogen and oxygen atoms in total. The van der Waals surface area contributed by atoms with E-state index in [1.807, 2.05) is 0 Å². The number of hydrogen-bond donors (Lipinski definition) is 0. The van der Waals surface area contributed by atoms with Crippen molar-refractivity contribution in [3.05, 3.63) is 11.8 Å². The van der Waals surface area contributed by atoms with Crippen molar-refractivity contribution in [2.24, 2.45) is 0 Å². The molecule has 0 atom stereocenters. The lowest BCUT2D eigenvalue weighted by Crippen LogP contribution is -2.24. The van der Waals surface area contributed by atoms with Crippen LogP contribution in [0.3, 0.4) is 0 Å². The molecule has 1 rings (SSSR count). The molecule has 0 aromatic rings. The molecule has 0 N–H and O–H groups in total. The van der Waals surface area contributed by atoms with Crippen molar-refractivity contribution in [1.29, 1.82) is 0 Å². The van der Waals surface area contributed by atoms with Crippen LogP contribution >= 0.6 is 0 Å². The van der Waals surface area contributed by atoms with E-state index in [1.165, 1.54) is 31.7 Å². The third-order valence-corrected chi connectivity index (χ3v) is 2.34. The first-order chi connectivity index (χ1) is 6.36. The second kappa shape index (κ2) is 6.03. The zero-order valence-corrected chi connectivity index (χ0v) is 8.88. The molecule has 0 aromatic heterocycles. The molecule has 2 heteroatoms. The van der Waals surface area contributed by atoms with Gasteiger partial charge >= 0.3 is 0 Å². The van der Waals surface area contributed by atoms with E-state index in [9.17, 15) is 0 Å². The van der Waals surface area contributed by atoms with Crippen LogP contribution in [0.1, 0.15) is 33.1 Å². The van der Waals surface area contributed by atoms with Crippen LogP contribution in [-0.2, 0) is 4.74 Å². The Morgan fingerprint density at radius 2 is 2.31 bits per heavy atom. The van der Waals surface area contributed by atoms with Gasteiger partial charge in [0.25, 0.3) is 0 Å². The average Bonchev–Trinajstić information content (AvgIpc) is 2.33. The Labute approximate surface area is 81.6 Å². The summed E-state index contributed by atoms with van der Waals surface area (Å²) in [6, 6.07) is 0. The summed E-state index contributed by atoms with van der Waals surface area (Å²) in [6.45, 7) is 8.60. The number of ether oxygens (including phenoxy) is 1. The van der Waals surface area contributed by atoms with Gasteiger partial charge in [-0.05, 0) is 38.9 Å². The zero-order valence-electron chi connectivity index (χ0n) is 8.88. The van der Waals surface area contributed by atoms with Gasteiger partial charge in [0, 0.05) is 13.0 Å². The number of hydrogen-bond acceptors (Lipinski definition) is 2. The fraction of sp³-hybridized carbons (Fsp3) is 0.818. The van der Waals surface area contributed by atoms with E-state index in [0.717, 1.165) is 19.6 Å². The summed E-state index contributed by atoms with van der Waals surface area (Å²) < 4.78 is 5.52. The predicted molar refractivity (Wildman–Crippen MR) is 55.7 cm³/mol. The van der Waals surface area contributed by atoms with Gasteiger partial charge in [0.1, 0.15) is 0 Å². The summed E-state index contributed by atoms with van der Waals surface area (Å²) in [6.07, 6.45) is 5.85. The highest BCUT2D eigenvalue weighted by atomic mass is 16.5. The van der Waals surface area contributed by atoms with E-state index in [4.69, 9.17) is 4.74 Å². The highest BCUT2D eigenvalue weighted by Gasteiger charge is 2.08. The third kappa shape index (κ3) is 3.81. The zero-order chi connectivity index (χ0) is 9.52. The van der Waals surface area contributed by atoms with E-state index in [0.29, 0.717) is 0 Å². The van der Waals surface area contributed by atoms with Gasteiger partial charge in [0.2, 0.25) is 0 Å². The quantitative estimate of drug-likeness (QED) is 0.663. The Hall–Kier alpha value is -0.500. The minimum Gasteiger partial charge on any atom is -0.499 e. The average molecular weight is 183 g/mol. The molecule has 0 amide bonds. The molecule has 0 aliphatic carbocycles. The van der Waals surface area contributed by atoms with Crippen LogP contribution < -0.4 is 0 Å². The molecule has 1 heterocycles. The summed E-state index contributed by atoms with van der Waals surface area (Å²) in [4.78, 5) is 2.49. The van der Waals surface area contributed by atoms with Gasteiger partial charge in [-0.2, -0.15) is 0 Å². The summed E-state index contributed by atoms with van der Waals surface area (Å²) in [7, 11) is 0. The van der Waals surface area contributed by atoms with Crippen LogP contribution in [-0.4, -0.2) is 31.1 Å². The molecule has 76 valence electrons. The van der Waals surface area contributed by atoms with E-state index in [-0.39, 0.29) is 0 Å². The van der Waals surface area contributed by atoms with Crippen molar-refractivity contribution in [1.82, 2.24) is 4.90 Å². The molecule has 0 unspecified atom stereocenters. The predicted octanol–water partition coefficient (Wildman–Crippen LogP) is 2.41. The Bertz CT molecular complexity index is 165. The first-order valence-electron chi connectivity index (χ1n) is 5.41. The van der Waals surface area contributed by atoms with Crippen LogP contribution in [0.5, 0.6) is 0 Å². The van der Waals surface area contributed by atoms with Gasteiger partial charge in [-0.3, -0.25) is 4.90 Å². The monoisotopic (exact) mass is 183 g/mol. The van der Waals surface area contributed by atoms with Crippen LogP contribution in [0.2, 0.25) is 0 Å². The van der Waals surface area contributed by atoms with E-state index in [2.05, 4.69) is 24.8 Å². The second-order valence-electron chi connectivity index (χ2n) is 3.51. The third-order valence-electron chi connectivity index (χ3n) is 2.34. The topological polar surface area (TPSA) is 12.5 Å². The molecule has 0 spiro atoms. The van der Waals surface area contributed by atoms with Crippen molar-refractivity contribution in [2.45, 2.75) is 33.1 Å². The van der Waals surface area contributed by atoms with Gasteiger partial charge in [0.15, 0.2) is 0 Å². The minimum atomic E-state index is 0.805. The van der Waals surface area contributed by atoms with Crippen LogP contribution in [0, 0.1) is 0 Å². The van der Waals surface area contributed by atoms with E-state index >= 15 is 0 Å². The number of nitrogens with zero attached hydrogens (tertiary/aromatic N) is 1. The Morgan fingerprint density at radius 1 is 1.46 bits per heavy atom. The van der Waals surface area contributed by atoms with Crippen LogP contribution in [0.15, 0.2) is 11.8 Å². The van der Waals surface area contributed by atoms with Crippen LogP contribution in [0.4, 0.5) is 0 Å². The molecular formula is C11H21NO. The maximum atomic E-state index is 5.52. The van der Waals surface area contributed by atoms with Gasteiger partial charge in [-0.25, -0.2) is 0 Å². The molecule has 0 bridgehead atoms. The number of rotatable bonds is 4. The Kier molecular flexibility index (Phi) is 4.91. The molecule has 0 fully saturated rings. The van der Waals surface area contributed by atoms with Crippen molar-refractivity contribution in [2.75, 3.05) is 26.2 Å².